The highest BCUT2D eigenvalue weighted by atomic mass is 32.1. The van der Waals surface area contributed by atoms with Crippen molar-refractivity contribution in [3.8, 4) is 16.5 Å². The lowest BCUT2D eigenvalue weighted by Gasteiger charge is -2.25. The number of pyridine rings is 1. The maximum absolute atomic E-state index is 13.2. The average molecular weight is 411 g/mol. The molecule has 1 unspecified atom stereocenters. The minimum absolute atomic E-state index is 0.149. The number of hydrogen-bond acceptors (Lipinski definition) is 5. The Morgan fingerprint density at radius 3 is 2.93 bits per heavy atom. The van der Waals surface area contributed by atoms with Crippen LogP contribution >= 0.6 is 11.3 Å². The standard InChI is InChI=1S/C23H17N5OS/c1-14(11-24)13-27-22(16-4-2-5-18(25)21(16)23(27)29)15-7-8-28-19(10-15)17(12-26-28)20-6-3-9-30-20/h2-10,12,22H,1,13,25H2. The van der Waals surface area contributed by atoms with Gasteiger partial charge in [0, 0.05) is 27.9 Å². The molecule has 2 N–H and O–H groups in total. The highest BCUT2D eigenvalue weighted by Crippen LogP contribution is 2.42. The Balaban J connectivity index is 1.69. The zero-order chi connectivity index (χ0) is 20.8. The van der Waals surface area contributed by atoms with E-state index in [2.05, 4.69) is 23.8 Å². The van der Waals surface area contributed by atoms with E-state index in [0.29, 0.717) is 16.8 Å². The molecule has 1 aliphatic rings. The number of rotatable bonds is 4. The molecule has 0 bridgehead atoms. The predicted molar refractivity (Wildman–Crippen MR) is 117 cm³/mol. The third-order valence-corrected chi connectivity index (χ3v) is 6.28. The molecule has 4 heterocycles. The number of anilines is 1. The van der Waals surface area contributed by atoms with Crippen LogP contribution in [0.4, 0.5) is 5.69 Å². The van der Waals surface area contributed by atoms with Crippen molar-refractivity contribution in [3.05, 3.63) is 89.1 Å². The number of carbonyl (C=O) groups is 1. The van der Waals surface area contributed by atoms with E-state index in [-0.39, 0.29) is 18.5 Å². The minimum Gasteiger partial charge on any atom is -0.398 e. The van der Waals surface area contributed by atoms with Gasteiger partial charge in [0.1, 0.15) is 0 Å². The number of nitrogens with zero attached hydrogens (tertiary/aromatic N) is 4. The topological polar surface area (TPSA) is 87.4 Å². The van der Waals surface area contributed by atoms with Crippen molar-refractivity contribution in [2.45, 2.75) is 6.04 Å². The second kappa shape index (κ2) is 6.87. The molecule has 7 heteroatoms. The van der Waals surface area contributed by atoms with Crippen molar-refractivity contribution in [1.82, 2.24) is 14.5 Å². The molecule has 6 nitrogen and oxygen atoms in total. The van der Waals surface area contributed by atoms with Gasteiger partial charge < -0.3 is 10.6 Å². The Hall–Kier alpha value is -3.89. The van der Waals surface area contributed by atoms with Crippen molar-refractivity contribution in [1.29, 1.82) is 5.26 Å². The lowest BCUT2D eigenvalue weighted by atomic mass is 9.97. The molecule has 0 saturated carbocycles. The number of hydrogen-bond donors (Lipinski definition) is 1. The van der Waals surface area contributed by atoms with Crippen molar-refractivity contribution < 1.29 is 4.79 Å². The molecule has 1 amide bonds. The fourth-order valence-electron chi connectivity index (χ4n) is 4.04. The summed E-state index contributed by atoms with van der Waals surface area (Å²) < 4.78 is 1.83. The molecule has 0 radical (unpaired) electrons. The van der Waals surface area contributed by atoms with Crippen LogP contribution < -0.4 is 5.73 Å². The van der Waals surface area contributed by atoms with Gasteiger partial charge in [-0.1, -0.05) is 24.8 Å². The lowest BCUT2D eigenvalue weighted by molar-refractivity contribution is 0.0768. The Labute approximate surface area is 177 Å². The van der Waals surface area contributed by atoms with Gasteiger partial charge in [-0.15, -0.1) is 11.3 Å². The maximum atomic E-state index is 13.2. The normalized spacial score (nSPS) is 15.4. The summed E-state index contributed by atoms with van der Waals surface area (Å²) in [7, 11) is 0. The number of thiophene rings is 1. The van der Waals surface area contributed by atoms with Crippen LogP contribution in [0.2, 0.25) is 0 Å². The molecular weight excluding hydrogens is 394 g/mol. The van der Waals surface area contributed by atoms with E-state index in [1.54, 1.807) is 22.3 Å². The van der Waals surface area contributed by atoms with E-state index >= 15 is 0 Å². The van der Waals surface area contributed by atoms with Gasteiger partial charge in [-0.05, 0) is 40.8 Å². The summed E-state index contributed by atoms with van der Waals surface area (Å²) in [4.78, 5) is 16.0. The van der Waals surface area contributed by atoms with Gasteiger partial charge in [-0.25, -0.2) is 4.52 Å². The SMILES string of the molecule is C=C(C#N)CN1C(=O)c2c(N)cccc2C1c1ccn2ncc(-c3cccs3)c2c1. The van der Waals surface area contributed by atoms with E-state index in [1.807, 2.05) is 52.6 Å². The van der Waals surface area contributed by atoms with Gasteiger partial charge in [-0.3, -0.25) is 4.79 Å². The van der Waals surface area contributed by atoms with Crippen molar-refractivity contribution in [2.75, 3.05) is 12.3 Å². The summed E-state index contributed by atoms with van der Waals surface area (Å²) in [6.45, 7) is 3.92. The highest BCUT2D eigenvalue weighted by molar-refractivity contribution is 7.13. The number of benzene rings is 1. The third kappa shape index (κ3) is 2.70. The van der Waals surface area contributed by atoms with Crippen molar-refractivity contribution in [2.24, 2.45) is 0 Å². The summed E-state index contributed by atoms with van der Waals surface area (Å²) in [6.07, 6.45) is 3.75. The number of nitrogen functional groups attached to an aromatic ring is 1. The number of nitrogens with two attached hydrogens (primary N) is 1. The minimum atomic E-state index is -0.350. The fraction of sp³-hybridized carbons (Fsp3) is 0.0870. The van der Waals surface area contributed by atoms with Crippen LogP contribution in [-0.2, 0) is 0 Å². The molecule has 0 spiro atoms. The van der Waals surface area contributed by atoms with Crippen LogP contribution in [0.3, 0.4) is 0 Å². The number of carbonyl (C=O) groups excluding carboxylic acids is 1. The van der Waals surface area contributed by atoms with Crippen molar-refractivity contribution >= 4 is 28.4 Å². The third-order valence-electron chi connectivity index (χ3n) is 5.38. The summed E-state index contributed by atoms with van der Waals surface area (Å²) in [6, 6.07) is 15.3. The first kappa shape index (κ1) is 18.2. The molecular formula is C23H17N5OS. The fourth-order valence-corrected chi connectivity index (χ4v) is 4.79. The molecule has 146 valence electrons. The molecule has 0 aliphatic carbocycles. The molecule has 30 heavy (non-hydrogen) atoms. The predicted octanol–water partition coefficient (Wildman–Crippen LogP) is 4.27. The summed E-state index contributed by atoms with van der Waals surface area (Å²) >= 11 is 1.65. The van der Waals surface area contributed by atoms with E-state index in [9.17, 15) is 10.1 Å². The highest BCUT2D eigenvalue weighted by Gasteiger charge is 2.39. The first-order chi connectivity index (χ1) is 14.6. The molecule has 0 fully saturated rings. The van der Waals surface area contributed by atoms with Crippen LogP contribution in [0.5, 0.6) is 0 Å². The molecule has 1 aliphatic heterocycles. The smallest absolute Gasteiger partial charge is 0.257 e. The quantitative estimate of drug-likeness (QED) is 0.401. The number of amides is 1. The molecule has 1 atom stereocenters. The van der Waals surface area contributed by atoms with Gasteiger partial charge in [0.2, 0.25) is 0 Å². The van der Waals surface area contributed by atoms with E-state index < -0.39 is 0 Å². The van der Waals surface area contributed by atoms with Gasteiger partial charge in [0.25, 0.3) is 5.91 Å². The molecule has 1 aromatic carbocycles. The van der Waals surface area contributed by atoms with E-state index in [4.69, 9.17) is 5.73 Å². The summed E-state index contributed by atoms with van der Waals surface area (Å²) in [5, 5.41) is 15.7. The zero-order valence-electron chi connectivity index (χ0n) is 15.9. The van der Waals surface area contributed by atoms with Crippen LogP contribution in [0, 0.1) is 11.3 Å². The van der Waals surface area contributed by atoms with Crippen LogP contribution in [0.25, 0.3) is 16.0 Å². The van der Waals surface area contributed by atoms with Crippen molar-refractivity contribution in [3.63, 3.8) is 0 Å². The van der Waals surface area contributed by atoms with Crippen LogP contribution in [-0.4, -0.2) is 27.0 Å². The number of nitriles is 1. The van der Waals surface area contributed by atoms with Crippen LogP contribution in [0.1, 0.15) is 27.5 Å². The Kier molecular flexibility index (Phi) is 4.16. The largest absolute Gasteiger partial charge is 0.398 e. The summed E-state index contributed by atoms with van der Waals surface area (Å²) in [5.74, 6) is -0.184. The van der Waals surface area contributed by atoms with Gasteiger partial charge >= 0.3 is 0 Å². The second-order valence-corrected chi connectivity index (χ2v) is 8.14. The Morgan fingerprint density at radius 2 is 2.17 bits per heavy atom. The Bertz CT molecular complexity index is 1350. The molecule has 3 aromatic heterocycles. The lowest BCUT2D eigenvalue weighted by Crippen LogP contribution is -2.30. The number of aromatic nitrogens is 2. The van der Waals surface area contributed by atoms with Crippen LogP contribution in [0.15, 0.2) is 72.4 Å². The monoisotopic (exact) mass is 411 g/mol. The zero-order valence-corrected chi connectivity index (χ0v) is 16.8. The average Bonchev–Trinajstić information content (AvgIpc) is 3.46. The van der Waals surface area contributed by atoms with Gasteiger partial charge in [0.05, 0.1) is 35.9 Å². The molecule has 5 rings (SSSR count). The number of fused-ring (bicyclic) bond motifs is 2. The first-order valence-electron chi connectivity index (χ1n) is 9.37. The van der Waals surface area contributed by atoms with Gasteiger partial charge in [-0.2, -0.15) is 10.4 Å². The first-order valence-corrected chi connectivity index (χ1v) is 10.2. The molecule has 4 aromatic rings. The Morgan fingerprint density at radius 1 is 1.30 bits per heavy atom. The van der Waals surface area contributed by atoms with E-state index in [0.717, 1.165) is 27.1 Å². The second-order valence-electron chi connectivity index (χ2n) is 7.19. The van der Waals surface area contributed by atoms with Gasteiger partial charge in [0.15, 0.2) is 0 Å². The summed E-state index contributed by atoms with van der Waals surface area (Å²) in [5.41, 5.74) is 11.2. The van der Waals surface area contributed by atoms with E-state index in [1.165, 1.54) is 0 Å². The molecule has 0 saturated heterocycles. The maximum Gasteiger partial charge on any atom is 0.257 e.